The van der Waals surface area contributed by atoms with Crippen LogP contribution in [0.3, 0.4) is 0 Å². The van der Waals surface area contributed by atoms with E-state index in [0.29, 0.717) is 12.4 Å². The first-order chi connectivity index (χ1) is 10.7. The lowest BCUT2D eigenvalue weighted by molar-refractivity contribution is -0.117. The molecule has 0 aliphatic rings. The second kappa shape index (κ2) is 7.90. The third kappa shape index (κ3) is 4.68. The smallest absolute Gasteiger partial charge is 0.263 e. The zero-order valence-electron chi connectivity index (χ0n) is 11.5. The molecule has 110 valence electrons. The number of anilines is 1. The Morgan fingerprint density at radius 3 is 2.86 bits per heavy atom. The maximum Gasteiger partial charge on any atom is 0.263 e. The predicted octanol–water partition coefficient (Wildman–Crippen LogP) is 2.37. The van der Waals surface area contributed by atoms with E-state index in [1.165, 1.54) is 6.20 Å². The number of nitrogens with zero attached hydrogens (tertiary/aromatic N) is 3. The summed E-state index contributed by atoms with van der Waals surface area (Å²) < 4.78 is 0.844. The van der Waals surface area contributed by atoms with E-state index in [1.807, 2.05) is 12.1 Å². The maximum atomic E-state index is 11.9. The number of hydrogen-bond acceptors (Lipinski definition) is 5. The minimum Gasteiger partial charge on any atom is -0.347 e. The second-order valence-electron chi connectivity index (χ2n) is 4.22. The number of pyridine rings is 2. The summed E-state index contributed by atoms with van der Waals surface area (Å²) in [6.45, 7) is 0.308. The Hall–Kier alpha value is -2.72. The fraction of sp³-hybridized carbons (Fsp3) is 0.0667. The Morgan fingerprint density at radius 1 is 1.36 bits per heavy atom. The number of carbonyl (C=O) groups is 1. The molecular formula is C15H12BrN5O. The van der Waals surface area contributed by atoms with Gasteiger partial charge in [-0.1, -0.05) is 6.07 Å². The third-order valence-electron chi connectivity index (χ3n) is 2.63. The van der Waals surface area contributed by atoms with Crippen LogP contribution in [0.25, 0.3) is 0 Å². The Bertz CT molecular complexity index is 707. The molecule has 0 atom stereocenters. The van der Waals surface area contributed by atoms with Gasteiger partial charge in [-0.05, 0) is 39.7 Å². The lowest BCUT2D eigenvalue weighted by atomic mass is 10.2. The van der Waals surface area contributed by atoms with Crippen molar-refractivity contribution in [3.63, 3.8) is 0 Å². The van der Waals surface area contributed by atoms with Crippen molar-refractivity contribution >= 4 is 27.7 Å². The molecule has 0 radical (unpaired) electrons. The first kappa shape index (κ1) is 15.7. The van der Waals surface area contributed by atoms with Gasteiger partial charge in [-0.3, -0.25) is 9.78 Å². The first-order valence-electron chi connectivity index (χ1n) is 6.34. The summed E-state index contributed by atoms with van der Waals surface area (Å²) in [5, 5.41) is 14.5. The SMILES string of the molecule is N#C/C(=C/Nc1ccc(Br)cn1)C(=O)NCc1cccnc1. The van der Waals surface area contributed by atoms with Crippen LogP contribution in [-0.2, 0) is 11.3 Å². The van der Waals surface area contributed by atoms with Gasteiger partial charge in [0.1, 0.15) is 17.5 Å². The van der Waals surface area contributed by atoms with Crippen molar-refractivity contribution in [1.29, 1.82) is 5.26 Å². The van der Waals surface area contributed by atoms with E-state index in [-0.39, 0.29) is 5.57 Å². The first-order valence-corrected chi connectivity index (χ1v) is 7.14. The number of carbonyl (C=O) groups excluding carboxylic acids is 1. The van der Waals surface area contributed by atoms with Crippen LogP contribution in [0, 0.1) is 11.3 Å². The summed E-state index contributed by atoms with van der Waals surface area (Å²) in [6, 6.07) is 9.00. The minimum atomic E-state index is -0.462. The van der Waals surface area contributed by atoms with E-state index < -0.39 is 5.91 Å². The van der Waals surface area contributed by atoms with Crippen molar-refractivity contribution in [1.82, 2.24) is 15.3 Å². The predicted molar refractivity (Wildman–Crippen MR) is 85.3 cm³/mol. The van der Waals surface area contributed by atoms with Gasteiger partial charge in [0.15, 0.2) is 0 Å². The molecule has 0 unspecified atom stereocenters. The fourth-order valence-corrected chi connectivity index (χ4v) is 1.77. The number of nitrogens with one attached hydrogen (secondary N) is 2. The van der Waals surface area contributed by atoms with E-state index >= 15 is 0 Å². The third-order valence-corrected chi connectivity index (χ3v) is 3.10. The molecule has 0 saturated carbocycles. The number of halogens is 1. The lowest BCUT2D eigenvalue weighted by Gasteiger charge is -2.04. The standard InChI is InChI=1S/C15H12BrN5O/c16-13-3-4-14(20-10-13)19-9-12(6-17)15(22)21-8-11-2-1-5-18-7-11/h1-5,7,9-10H,8H2,(H,19,20)(H,21,22)/b12-9-. The molecule has 2 aromatic rings. The zero-order valence-corrected chi connectivity index (χ0v) is 13.0. The highest BCUT2D eigenvalue weighted by molar-refractivity contribution is 9.10. The number of rotatable bonds is 5. The zero-order chi connectivity index (χ0) is 15.8. The Kier molecular flexibility index (Phi) is 5.63. The van der Waals surface area contributed by atoms with Gasteiger partial charge in [0, 0.05) is 35.8 Å². The quantitative estimate of drug-likeness (QED) is 0.633. The van der Waals surface area contributed by atoms with Crippen molar-refractivity contribution in [3.05, 3.63) is 64.7 Å². The Morgan fingerprint density at radius 2 is 2.23 bits per heavy atom. The van der Waals surface area contributed by atoms with Gasteiger partial charge in [-0.2, -0.15) is 5.26 Å². The molecule has 0 fully saturated rings. The van der Waals surface area contributed by atoms with E-state index in [0.717, 1.165) is 10.0 Å². The van der Waals surface area contributed by atoms with Crippen LogP contribution in [0.1, 0.15) is 5.56 Å². The minimum absolute atomic E-state index is 0.0337. The number of hydrogen-bond donors (Lipinski definition) is 2. The molecule has 0 bridgehead atoms. The van der Waals surface area contributed by atoms with Crippen LogP contribution < -0.4 is 10.6 Å². The molecular weight excluding hydrogens is 346 g/mol. The van der Waals surface area contributed by atoms with Crippen LogP contribution in [0.4, 0.5) is 5.82 Å². The molecule has 22 heavy (non-hydrogen) atoms. The van der Waals surface area contributed by atoms with Gasteiger partial charge < -0.3 is 10.6 Å². The lowest BCUT2D eigenvalue weighted by Crippen LogP contribution is -2.24. The number of amides is 1. The van der Waals surface area contributed by atoms with Crippen LogP contribution in [0.5, 0.6) is 0 Å². The second-order valence-corrected chi connectivity index (χ2v) is 5.14. The average molecular weight is 358 g/mol. The van der Waals surface area contributed by atoms with E-state index in [1.54, 1.807) is 36.8 Å². The molecule has 2 aromatic heterocycles. The Labute approximate surface area is 136 Å². The van der Waals surface area contributed by atoms with Gasteiger partial charge in [-0.15, -0.1) is 0 Å². The molecule has 0 saturated heterocycles. The van der Waals surface area contributed by atoms with Crippen LogP contribution in [-0.4, -0.2) is 15.9 Å². The van der Waals surface area contributed by atoms with E-state index in [4.69, 9.17) is 5.26 Å². The van der Waals surface area contributed by atoms with Crippen LogP contribution >= 0.6 is 15.9 Å². The highest BCUT2D eigenvalue weighted by atomic mass is 79.9. The molecule has 6 nitrogen and oxygen atoms in total. The van der Waals surface area contributed by atoms with Crippen molar-refractivity contribution in [3.8, 4) is 6.07 Å². The van der Waals surface area contributed by atoms with Crippen molar-refractivity contribution in [2.24, 2.45) is 0 Å². The molecule has 2 rings (SSSR count). The van der Waals surface area contributed by atoms with E-state index in [9.17, 15) is 4.79 Å². The van der Waals surface area contributed by atoms with Crippen molar-refractivity contribution in [2.45, 2.75) is 6.54 Å². The summed E-state index contributed by atoms with van der Waals surface area (Å²) in [7, 11) is 0. The summed E-state index contributed by atoms with van der Waals surface area (Å²) in [4.78, 5) is 20.0. The van der Waals surface area contributed by atoms with E-state index in [2.05, 4.69) is 36.5 Å². The highest BCUT2D eigenvalue weighted by Crippen LogP contribution is 2.10. The molecule has 0 aromatic carbocycles. The molecule has 0 spiro atoms. The molecule has 0 aliphatic heterocycles. The normalized spacial score (nSPS) is 10.6. The fourth-order valence-electron chi connectivity index (χ4n) is 1.54. The topological polar surface area (TPSA) is 90.7 Å². The van der Waals surface area contributed by atoms with Gasteiger partial charge in [0.25, 0.3) is 5.91 Å². The largest absolute Gasteiger partial charge is 0.347 e. The van der Waals surface area contributed by atoms with Crippen molar-refractivity contribution in [2.75, 3.05) is 5.32 Å². The van der Waals surface area contributed by atoms with Gasteiger partial charge in [-0.25, -0.2) is 4.98 Å². The summed E-state index contributed by atoms with van der Waals surface area (Å²) in [6.07, 6.45) is 6.25. The molecule has 2 N–H and O–H groups in total. The van der Waals surface area contributed by atoms with Gasteiger partial charge in [0.2, 0.25) is 0 Å². The number of nitriles is 1. The highest BCUT2D eigenvalue weighted by Gasteiger charge is 2.08. The van der Waals surface area contributed by atoms with Gasteiger partial charge in [0.05, 0.1) is 0 Å². The van der Waals surface area contributed by atoms with Crippen LogP contribution in [0.2, 0.25) is 0 Å². The maximum absolute atomic E-state index is 11.9. The average Bonchev–Trinajstić information content (AvgIpc) is 2.56. The Balaban J connectivity index is 1.95. The van der Waals surface area contributed by atoms with Crippen molar-refractivity contribution < 1.29 is 4.79 Å². The van der Waals surface area contributed by atoms with Gasteiger partial charge >= 0.3 is 0 Å². The summed E-state index contributed by atoms with van der Waals surface area (Å²) in [5.74, 6) is 0.0759. The summed E-state index contributed by atoms with van der Waals surface area (Å²) in [5.41, 5.74) is 0.823. The molecule has 1 amide bonds. The summed E-state index contributed by atoms with van der Waals surface area (Å²) >= 11 is 3.28. The van der Waals surface area contributed by atoms with Crippen LogP contribution in [0.15, 0.2) is 59.1 Å². The monoisotopic (exact) mass is 357 g/mol. The molecule has 7 heteroatoms. The molecule has 0 aliphatic carbocycles. The number of aromatic nitrogens is 2. The molecule has 2 heterocycles.